The molecular formula is C20H23N5O2. The molecule has 1 N–H and O–H groups in total. The summed E-state index contributed by atoms with van der Waals surface area (Å²) in [5, 5.41) is 4.64. The van der Waals surface area contributed by atoms with Crippen molar-refractivity contribution in [3.63, 3.8) is 0 Å². The van der Waals surface area contributed by atoms with Crippen LogP contribution in [0.2, 0.25) is 0 Å². The first-order valence-corrected chi connectivity index (χ1v) is 9.16. The van der Waals surface area contributed by atoms with Crippen LogP contribution < -0.4 is 0 Å². The van der Waals surface area contributed by atoms with Gasteiger partial charge < -0.3 is 14.1 Å². The van der Waals surface area contributed by atoms with Gasteiger partial charge in [0.05, 0.1) is 24.2 Å². The average Bonchev–Trinajstić information content (AvgIpc) is 3.33. The number of nitrogens with one attached hydrogen (secondary N) is 1. The van der Waals surface area contributed by atoms with Crippen molar-refractivity contribution >= 4 is 11.0 Å². The van der Waals surface area contributed by atoms with E-state index in [4.69, 9.17) is 14.1 Å². The molecule has 0 amide bonds. The molecule has 0 saturated heterocycles. The second-order valence-electron chi connectivity index (χ2n) is 6.53. The number of fused-ring (bicyclic) bond motifs is 1. The van der Waals surface area contributed by atoms with Crippen LogP contribution in [0.1, 0.15) is 29.9 Å². The smallest absolute Gasteiger partial charge is 0.217 e. The van der Waals surface area contributed by atoms with Crippen molar-refractivity contribution in [2.24, 2.45) is 0 Å². The predicted octanol–water partition coefficient (Wildman–Crippen LogP) is 3.66. The minimum absolute atomic E-state index is 0.599. The van der Waals surface area contributed by atoms with E-state index in [0.29, 0.717) is 37.8 Å². The molecule has 7 heteroatoms. The minimum Gasteiger partial charge on any atom is -0.458 e. The lowest BCUT2D eigenvalue weighted by Gasteiger charge is -2.06. The first-order valence-electron chi connectivity index (χ1n) is 9.16. The number of aromatic amines is 1. The first-order chi connectivity index (χ1) is 13.1. The van der Waals surface area contributed by atoms with Gasteiger partial charge in [-0.3, -0.25) is 0 Å². The highest BCUT2D eigenvalue weighted by molar-refractivity contribution is 5.75. The van der Waals surface area contributed by atoms with Crippen LogP contribution in [0.3, 0.4) is 0 Å². The highest BCUT2D eigenvalue weighted by Gasteiger charge is 2.15. The third-order valence-corrected chi connectivity index (χ3v) is 4.39. The zero-order chi connectivity index (χ0) is 18.8. The number of aryl methyl sites for hydroxylation is 2. The summed E-state index contributed by atoms with van der Waals surface area (Å²) < 4.78 is 13.1. The first kappa shape index (κ1) is 17.5. The Labute approximate surface area is 157 Å². The molecule has 4 aromatic rings. The summed E-state index contributed by atoms with van der Waals surface area (Å²) in [6.07, 6.45) is 0.673. The monoisotopic (exact) mass is 365 g/mol. The number of hydrogen-bond acceptors (Lipinski definition) is 5. The van der Waals surface area contributed by atoms with Crippen molar-refractivity contribution in [2.75, 3.05) is 13.2 Å². The number of ether oxygens (including phenoxy) is 1. The second kappa shape index (κ2) is 7.36. The molecule has 0 aliphatic heterocycles. The van der Waals surface area contributed by atoms with E-state index in [0.717, 1.165) is 34.0 Å². The van der Waals surface area contributed by atoms with Gasteiger partial charge in [0.25, 0.3) is 0 Å². The van der Waals surface area contributed by atoms with Crippen molar-refractivity contribution < 1.29 is 9.15 Å². The van der Waals surface area contributed by atoms with Crippen molar-refractivity contribution in [2.45, 2.75) is 33.7 Å². The molecular weight excluding hydrogens is 342 g/mol. The van der Waals surface area contributed by atoms with Crippen LogP contribution in [0.25, 0.3) is 22.6 Å². The third kappa shape index (κ3) is 3.78. The number of hydrogen-bond donors (Lipinski definition) is 1. The number of benzene rings is 1. The molecule has 3 aromatic heterocycles. The van der Waals surface area contributed by atoms with Crippen LogP contribution in [0, 0.1) is 13.8 Å². The molecule has 4 rings (SSSR count). The van der Waals surface area contributed by atoms with Crippen LogP contribution >= 0.6 is 0 Å². The Morgan fingerprint density at radius 2 is 2.04 bits per heavy atom. The maximum atomic E-state index is 5.69. The number of H-pyrrole nitrogens is 1. The molecule has 3 heterocycles. The summed E-state index contributed by atoms with van der Waals surface area (Å²) in [6.45, 7) is 7.80. The Morgan fingerprint density at radius 3 is 2.81 bits per heavy atom. The molecule has 0 saturated carbocycles. The van der Waals surface area contributed by atoms with Gasteiger partial charge in [0, 0.05) is 13.0 Å². The molecule has 0 atom stereocenters. The van der Waals surface area contributed by atoms with Gasteiger partial charge in [-0.2, -0.15) is 0 Å². The highest BCUT2D eigenvalue weighted by atomic mass is 16.5. The van der Waals surface area contributed by atoms with Crippen LogP contribution in [0.5, 0.6) is 0 Å². The second-order valence-corrected chi connectivity index (χ2v) is 6.53. The van der Waals surface area contributed by atoms with E-state index in [1.165, 1.54) is 0 Å². The molecule has 1 aromatic carbocycles. The maximum Gasteiger partial charge on any atom is 0.217 e. The van der Waals surface area contributed by atoms with E-state index < -0.39 is 0 Å². The lowest BCUT2D eigenvalue weighted by molar-refractivity contribution is 0.135. The maximum absolute atomic E-state index is 5.69. The fourth-order valence-corrected chi connectivity index (χ4v) is 3.12. The Kier molecular flexibility index (Phi) is 4.77. The Balaban J connectivity index is 1.64. The van der Waals surface area contributed by atoms with Gasteiger partial charge in [-0.1, -0.05) is 6.07 Å². The number of rotatable bonds is 7. The fourth-order valence-electron chi connectivity index (χ4n) is 3.12. The third-order valence-electron chi connectivity index (χ3n) is 4.39. The zero-order valence-electron chi connectivity index (χ0n) is 15.8. The van der Waals surface area contributed by atoms with Gasteiger partial charge in [-0.25, -0.2) is 14.6 Å². The molecule has 0 spiro atoms. The van der Waals surface area contributed by atoms with Crippen LogP contribution in [-0.2, 0) is 17.7 Å². The number of imidazole rings is 1. The number of nitrogens with zero attached hydrogens (tertiary/aromatic N) is 4. The van der Waals surface area contributed by atoms with Crippen molar-refractivity contribution in [1.82, 2.24) is 24.7 Å². The predicted molar refractivity (Wildman–Crippen MR) is 103 cm³/mol. The molecule has 0 aliphatic carbocycles. The van der Waals surface area contributed by atoms with E-state index in [1.807, 2.05) is 43.7 Å². The SMILES string of the molecule is CCOCCn1nc(-c2ccc(C)o2)nc1Cc1ccc2nc(C)[nH]c2c1. The lowest BCUT2D eigenvalue weighted by atomic mass is 10.1. The van der Waals surface area contributed by atoms with Crippen LogP contribution in [0.15, 0.2) is 34.7 Å². The van der Waals surface area contributed by atoms with E-state index in [9.17, 15) is 0 Å². The molecule has 0 bridgehead atoms. The number of furan rings is 1. The molecule has 0 radical (unpaired) electrons. The lowest BCUT2D eigenvalue weighted by Crippen LogP contribution is -2.11. The normalized spacial score (nSPS) is 11.5. The summed E-state index contributed by atoms with van der Waals surface area (Å²) in [4.78, 5) is 12.5. The molecule has 0 unspecified atom stereocenters. The molecule has 0 fully saturated rings. The molecule has 140 valence electrons. The summed E-state index contributed by atoms with van der Waals surface area (Å²) in [5.74, 6) is 3.93. The largest absolute Gasteiger partial charge is 0.458 e. The Morgan fingerprint density at radius 1 is 1.15 bits per heavy atom. The molecule has 7 nitrogen and oxygen atoms in total. The summed E-state index contributed by atoms with van der Waals surface area (Å²) in [7, 11) is 0. The van der Waals surface area contributed by atoms with Gasteiger partial charge in [-0.05, 0) is 50.6 Å². The zero-order valence-corrected chi connectivity index (χ0v) is 15.8. The summed E-state index contributed by atoms with van der Waals surface area (Å²) in [5.41, 5.74) is 3.16. The minimum atomic E-state index is 0.599. The summed E-state index contributed by atoms with van der Waals surface area (Å²) in [6, 6.07) is 10.1. The van der Waals surface area contributed by atoms with Gasteiger partial charge in [0.1, 0.15) is 17.4 Å². The van der Waals surface area contributed by atoms with E-state index >= 15 is 0 Å². The van der Waals surface area contributed by atoms with E-state index in [1.54, 1.807) is 0 Å². The van der Waals surface area contributed by atoms with Crippen molar-refractivity contribution in [1.29, 1.82) is 0 Å². The van der Waals surface area contributed by atoms with Gasteiger partial charge >= 0.3 is 0 Å². The van der Waals surface area contributed by atoms with Gasteiger partial charge in [0.2, 0.25) is 5.82 Å². The standard InChI is InChI=1S/C20H23N5O2/c1-4-26-10-9-25-19(23-20(24-25)18-8-5-13(2)27-18)12-15-6-7-16-17(11-15)22-14(3)21-16/h5-8,11H,4,9-10,12H2,1-3H3,(H,21,22). The Bertz CT molecular complexity index is 1060. The Hall–Kier alpha value is -2.93. The number of aromatic nitrogens is 5. The van der Waals surface area contributed by atoms with E-state index in [-0.39, 0.29) is 0 Å². The van der Waals surface area contributed by atoms with Gasteiger partial charge in [-0.15, -0.1) is 5.10 Å². The topological polar surface area (TPSA) is 81.8 Å². The average molecular weight is 365 g/mol. The van der Waals surface area contributed by atoms with E-state index in [2.05, 4.69) is 27.2 Å². The van der Waals surface area contributed by atoms with Crippen LogP contribution in [-0.4, -0.2) is 37.9 Å². The van der Waals surface area contributed by atoms with Crippen LogP contribution in [0.4, 0.5) is 0 Å². The van der Waals surface area contributed by atoms with Crippen molar-refractivity contribution in [3.8, 4) is 11.6 Å². The highest BCUT2D eigenvalue weighted by Crippen LogP contribution is 2.21. The molecule has 27 heavy (non-hydrogen) atoms. The molecule has 0 aliphatic rings. The van der Waals surface area contributed by atoms with Gasteiger partial charge in [0.15, 0.2) is 5.76 Å². The fraction of sp³-hybridized carbons (Fsp3) is 0.350. The quantitative estimate of drug-likeness (QED) is 0.506. The van der Waals surface area contributed by atoms with Crippen molar-refractivity contribution in [3.05, 3.63) is 53.3 Å². The summed E-state index contributed by atoms with van der Waals surface area (Å²) >= 11 is 0.